The van der Waals surface area contributed by atoms with Crippen LogP contribution in [0.2, 0.25) is 0 Å². The number of carbonyl (C=O) groups is 3. The monoisotopic (exact) mass is 462 g/mol. The number of alkyl carbamates (subject to hydrolysis) is 1. The lowest BCUT2D eigenvalue weighted by molar-refractivity contribution is -0.142. The first-order chi connectivity index (χ1) is 16.5. The lowest BCUT2D eigenvalue weighted by Crippen LogP contribution is -2.52. The van der Waals surface area contributed by atoms with Gasteiger partial charge in [-0.3, -0.25) is 4.79 Å². The molecule has 7 heteroatoms. The van der Waals surface area contributed by atoms with Crippen molar-refractivity contribution in [1.29, 1.82) is 0 Å². The minimum absolute atomic E-state index is 0.0659. The first-order valence-corrected chi connectivity index (χ1v) is 12.1. The highest BCUT2D eigenvalue weighted by atomic mass is 16.5. The molecule has 2 fully saturated rings. The quantitative estimate of drug-likeness (QED) is 0.494. The van der Waals surface area contributed by atoms with Gasteiger partial charge in [0.05, 0.1) is 0 Å². The van der Waals surface area contributed by atoms with E-state index >= 15 is 0 Å². The Morgan fingerprint density at radius 3 is 1.88 bits per heavy atom. The third kappa shape index (κ3) is 5.08. The molecule has 0 saturated heterocycles. The molecular formula is C27H30N2O5. The molecule has 3 N–H and O–H groups in total. The van der Waals surface area contributed by atoms with E-state index in [4.69, 9.17) is 4.74 Å². The predicted molar refractivity (Wildman–Crippen MR) is 126 cm³/mol. The fourth-order valence-corrected chi connectivity index (χ4v) is 4.88. The van der Waals surface area contributed by atoms with E-state index in [2.05, 4.69) is 34.9 Å². The van der Waals surface area contributed by atoms with Crippen LogP contribution in [0.25, 0.3) is 11.1 Å². The highest BCUT2D eigenvalue weighted by Crippen LogP contribution is 2.44. The summed E-state index contributed by atoms with van der Waals surface area (Å²) in [6, 6.07) is 14.5. The molecule has 0 radical (unpaired) electrons. The van der Waals surface area contributed by atoms with Crippen LogP contribution in [0.1, 0.15) is 55.6 Å². The van der Waals surface area contributed by atoms with E-state index in [1.807, 2.05) is 24.3 Å². The standard InChI is InChI=1S/C27H30N2O5/c30-25(28-24(26(31)32)14-17-11-12-17)23(13-16-9-10-16)29-27(33)34-15-22-20-7-3-1-5-18(20)19-6-2-4-8-21(19)22/h1-8,16-17,22-24H,9-15H2,(H,28,30)(H,29,33)(H,31,32)/t23-,24?/m0/s1. The number of carbonyl (C=O) groups excluding carboxylic acids is 2. The molecule has 2 atom stereocenters. The van der Waals surface area contributed by atoms with Gasteiger partial charge in [-0.05, 0) is 46.9 Å². The molecule has 1 unspecified atom stereocenters. The predicted octanol–water partition coefficient (Wildman–Crippen LogP) is 4.06. The van der Waals surface area contributed by atoms with Gasteiger partial charge in [-0.1, -0.05) is 74.2 Å². The van der Waals surface area contributed by atoms with E-state index in [0.29, 0.717) is 24.7 Å². The normalized spacial score (nSPS) is 18.4. The zero-order chi connectivity index (χ0) is 23.7. The molecule has 0 spiro atoms. The zero-order valence-corrected chi connectivity index (χ0v) is 19.0. The summed E-state index contributed by atoms with van der Waals surface area (Å²) in [5.41, 5.74) is 4.53. The molecule has 7 nitrogen and oxygen atoms in total. The van der Waals surface area contributed by atoms with Crippen LogP contribution in [0.15, 0.2) is 48.5 Å². The molecular weight excluding hydrogens is 432 g/mol. The number of hydrogen-bond acceptors (Lipinski definition) is 4. The van der Waals surface area contributed by atoms with Crippen molar-refractivity contribution in [3.8, 4) is 11.1 Å². The average molecular weight is 463 g/mol. The largest absolute Gasteiger partial charge is 0.480 e. The number of aliphatic carboxylic acids is 1. The Kier molecular flexibility index (Phi) is 6.26. The van der Waals surface area contributed by atoms with Crippen LogP contribution >= 0.6 is 0 Å². The molecule has 5 rings (SSSR count). The second-order valence-electron chi connectivity index (χ2n) is 9.78. The van der Waals surface area contributed by atoms with Gasteiger partial charge in [0.25, 0.3) is 0 Å². The van der Waals surface area contributed by atoms with E-state index in [9.17, 15) is 19.5 Å². The summed E-state index contributed by atoms with van der Waals surface area (Å²) in [6.45, 7) is 0.164. The van der Waals surface area contributed by atoms with Crippen LogP contribution in [-0.2, 0) is 14.3 Å². The highest BCUT2D eigenvalue weighted by Gasteiger charge is 2.35. The molecule has 3 aliphatic carbocycles. The van der Waals surface area contributed by atoms with Crippen LogP contribution in [0.3, 0.4) is 0 Å². The van der Waals surface area contributed by atoms with Crippen LogP contribution in [0.4, 0.5) is 4.79 Å². The number of nitrogens with one attached hydrogen (secondary N) is 2. The van der Waals surface area contributed by atoms with Crippen LogP contribution < -0.4 is 10.6 Å². The van der Waals surface area contributed by atoms with Crippen molar-refractivity contribution in [3.63, 3.8) is 0 Å². The average Bonchev–Trinajstić information content (AvgIpc) is 3.76. The minimum atomic E-state index is -1.04. The third-order valence-corrected chi connectivity index (χ3v) is 7.10. The lowest BCUT2D eigenvalue weighted by atomic mass is 9.98. The molecule has 0 bridgehead atoms. The van der Waals surface area contributed by atoms with Crippen molar-refractivity contribution in [1.82, 2.24) is 10.6 Å². The minimum Gasteiger partial charge on any atom is -0.480 e. The summed E-state index contributed by atoms with van der Waals surface area (Å²) in [4.78, 5) is 37.2. The summed E-state index contributed by atoms with van der Waals surface area (Å²) in [6.07, 6.45) is 4.30. The Morgan fingerprint density at radius 1 is 0.824 bits per heavy atom. The number of amides is 2. The Labute approximate surface area is 198 Å². The van der Waals surface area contributed by atoms with E-state index in [1.165, 1.54) is 0 Å². The smallest absolute Gasteiger partial charge is 0.407 e. The van der Waals surface area contributed by atoms with Crippen LogP contribution in [-0.4, -0.2) is 41.8 Å². The van der Waals surface area contributed by atoms with Crippen molar-refractivity contribution in [2.45, 2.75) is 56.5 Å². The lowest BCUT2D eigenvalue weighted by Gasteiger charge is -2.22. The SMILES string of the molecule is O=C(N[C@@H](CC1CC1)C(=O)NC(CC1CC1)C(=O)O)OCC1c2ccccc2-c2ccccc21. The highest BCUT2D eigenvalue weighted by molar-refractivity contribution is 5.89. The van der Waals surface area contributed by atoms with Crippen molar-refractivity contribution in [2.24, 2.45) is 11.8 Å². The summed E-state index contributed by atoms with van der Waals surface area (Å²) >= 11 is 0. The second-order valence-corrected chi connectivity index (χ2v) is 9.78. The maximum Gasteiger partial charge on any atom is 0.407 e. The Hall–Kier alpha value is -3.35. The molecule has 2 aromatic rings. The fraction of sp³-hybridized carbons (Fsp3) is 0.444. The number of ether oxygens (including phenoxy) is 1. The van der Waals surface area contributed by atoms with Crippen molar-refractivity contribution >= 4 is 18.0 Å². The molecule has 2 saturated carbocycles. The molecule has 2 amide bonds. The maximum atomic E-state index is 12.9. The number of carboxylic acid groups (broad SMARTS) is 1. The van der Waals surface area contributed by atoms with E-state index in [1.54, 1.807) is 0 Å². The van der Waals surface area contributed by atoms with Gasteiger partial charge < -0.3 is 20.5 Å². The number of benzene rings is 2. The first-order valence-electron chi connectivity index (χ1n) is 12.1. The third-order valence-electron chi connectivity index (χ3n) is 7.10. The Bertz CT molecular complexity index is 1050. The van der Waals surface area contributed by atoms with Gasteiger partial charge in [0.1, 0.15) is 18.7 Å². The summed E-state index contributed by atoms with van der Waals surface area (Å²) in [7, 11) is 0. The zero-order valence-electron chi connectivity index (χ0n) is 19.0. The van der Waals surface area contributed by atoms with E-state index in [0.717, 1.165) is 47.9 Å². The molecule has 0 aliphatic heterocycles. The fourth-order valence-electron chi connectivity index (χ4n) is 4.88. The van der Waals surface area contributed by atoms with Gasteiger partial charge in [0.15, 0.2) is 0 Å². The number of hydrogen-bond donors (Lipinski definition) is 3. The summed E-state index contributed by atoms with van der Waals surface area (Å²) in [5, 5.41) is 14.8. The summed E-state index contributed by atoms with van der Waals surface area (Å²) < 4.78 is 5.60. The van der Waals surface area contributed by atoms with Gasteiger partial charge >= 0.3 is 12.1 Å². The van der Waals surface area contributed by atoms with Crippen molar-refractivity contribution < 1.29 is 24.2 Å². The van der Waals surface area contributed by atoms with Gasteiger partial charge in [-0.25, -0.2) is 9.59 Å². The maximum absolute atomic E-state index is 12.9. The molecule has 2 aromatic carbocycles. The number of rotatable bonds is 10. The van der Waals surface area contributed by atoms with E-state index < -0.39 is 30.1 Å². The van der Waals surface area contributed by atoms with Crippen molar-refractivity contribution in [3.05, 3.63) is 59.7 Å². The van der Waals surface area contributed by atoms with Gasteiger partial charge in [0.2, 0.25) is 5.91 Å². The first kappa shape index (κ1) is 22.4. The van der Waals surface area contributed by atoms with Gasteiger partial charge in [0, 0.05) is 5.92 Å². The topological polar surface area (TPSA) is 105 Å². The van der Waals surface area contributed by atoms with Gasteiger partial charge in [-0.15, -0.1) is 0 Å². The molecule has 178 valence electrons. The molecule has 34 heavy (non-hydrogen) atoms. The summed E-state index contributed by atoms with van der Waals surface area (Å²) in [5.74, 6) is -0.821. The van der Waals surface area contributed by atoms with Crippen LogP contribution in [0, 0.1) is 11.8 Å². The number of fused-ring (bicyclic) bond motifs is 3. The van der Waals surface area contributed by atoms with E-state index in [-0.39, 0.29) is 12.5 Å². The van der Waals surface area contributed by atoms with Gasteiger partial charge in [-0.2, -0.15) is 0 Å². The Morgan fingerprint density at radius 2 is 1.35 bits per heavy atom. The molecule has 0 heterocycles. The Balaban J connectivity index is 1.22. The number of carboxylic acids is 1. The second kappa shape index (κ2) is 9.49. The molecule has 3 aliphatic rings. The molecule has 0 aromatic heterocycles. The van der Waals surface area contributed by atoms with Crippen molar-refractivity contribution in [2.75, 3.05) is 6.61 Å². The van der Waals surface area contributed by atoms with Crippen LogP contribution in [0.5, 0.6) is 0 Å².